The quantitative estimate of drug-likeness (QED) is 0.305. The van der Waals surface area contributed by atoms with Crippen molar-refractivity contribution in [3.63, 3.8) is 0 Å². The Bertz CT molecular complexity index is 1050. The fourth-order valence-electron chi connectivity index (χ4n) is 4.29. The van der Waals surface area contributed by atoms with E-state index in [1.807, 2.05) is 24.3 Å². The van der Waals surface area contributed by atoms with E-state index in [0.29, 0.717) is 5.75 Å². The Balaban J connectivity index is 1.22. The van der Waals surface area contributed by atoms with Crippen molar-refractivity contribution in [2.45, 2.75) is 25.7 Å². The summed E-state index contributed by atoms with van der Waals surface area (Å²) in [7, 11) is 0. The molecule has 2 heteroatoms. The molecule has 0 N–H and O–H groups in total. The zero-order chi connectivity index (χ0) is 18.9. The van der Waals surface area contributed by atoms with Crippen molar-refractivity contribution in [1.29, 1.82) is 0 Å². The molecule has 0 spiro atoms. The number of rotatable bonds is 3. The van der Waals surface area contributed by atoms with Gasteiger partial charge in [-0.3, -0.25) is 4.79 Å². The maximum absolute atomic E-state index is 12.7. The molecule has 2 aliphatic carbocycles. The van der Waals surface area contributed by atoms with Crippen LogP contribution in [-0.4, -0.2) is 5.97 Å². The summed E-state index contributed by atoms with van der Waals surface area (Å²) in [5.74, 6) is 0.557. The smallest absolute Gasteiger partial charge is 0.314 e. The van der Waals surface area contributed by atoms with Crippen molar-refractivity contribution in [3.8, 4) is 28.0 Å². The van der Waals surface area contributed by atoms with Crippen molar-refractivity contribution in [3.05, 3.63) is 83.9 Å². The maximum Gasteiger partial charge on any atom is 0.314 e. The van der Waals surface area contributed by atoms with Crippen LogP contribution in [0.3, 0.4) is 0 Å². The molecule has 2 nitrogen and oxygen atoms in total. The van der Waals surface area contributed by atoms with E-state index in [2.05, 4.69) is 54.6 Å². The van der Waals surface area contributed by atoms with Gasteiger partial charge in [-0.2, -0.15) is 0 Å². The van der Waals surface area contributed by atoms with Crippen molar-refractivity contribution in [1.82, 2.24) is 0 Å². The average Bonchev–Trinajstić information content (AvgIpc) is 2.73. The lowest BCUT2D eigenvalue weighted by molar-refractivity contribution is -0.139. The predicted molar refractivity (Wildman–Crippen MR) is 113 cm³/mol. The highest BCUT2D eigenvalue weighted by Gasteiger charge is 2.26. The Labute approximate surface area is 165 Å². The number of esters is 1. The second-order valence-corrected chi connectivity index (χ2v) is 7.66. The zero-order valence-electron chi connectivity index (χ0n) is 15.7. The summed E-state index contributed by atoms with van der Waals surface area (Å²) in [5.41, 5.74) is 7.60. The molecule has 0 unspecified atom stereocenters. The van der Waals surface area contributed by atoms with E-state index < -0.39 is 0 Å². The Hall–Kier alpha value is -3.13. The molecule has 0 bridgehead atoms. The molecule has 138 valence electrons. The molecule has 0 amide bonds. The van der Waals surface area contributed by atoms with Gasteiger partial charge in [0.2, 0.25) is 0 Å². The summed E-state index contributed by atoms with van der Waals surface area (Å²) in [6.45, 7) is 0. The van der Waals surface area contributed by atoms with Crippen molar-refractivity contribution < 1.29 is 9.53 Å². The third-order valence-electron chi connectivity index (χ3n) is 5.85. The molecular formula is C26H22O2. The van der Waals surface area contributed by atoms with Gasteiger partial charge in [0.05, 0.1) is 5.92 Å². The molecule has 0 atom stereocenters. The first-order chi connectivity index (χ1) is 13.8. The lowest BCUT2D eigenvalue weighted by Gasteiger charge is -2.25. The number of ether oxygens (including phenoxy) is 1. The number of allylic oxidation sites excluding steroid dienone is 1. The van der Waals surface area contributed by atoms with Gasteiger partial charge in [-0.15, -0.1) is 0 Å². The van der Waals surface area contributed by atoms with Gasteiger partial charge in [0.25, 0.3) is 0 Å². The Kier molecular flexibility index (Phi) is 4.32. The minimum Gasteiger partial charge on any atom is -0.426 e. The molecule has 3 aromatic carbocycles. The van der Waals surface area contributed by atoms with Gasteiger partial charge in [-0.1, -0.05) is 72.3 Å². The highest BCUT2D eigenvalue weighted by Crippen LogP contribution is 2.48. The first-order valence-corrected chi connectivity index (χ1v) is 9.98. The Morgan fingerprint density at radius 3 is 2.18 bits per heavy atom. The minimum atomic E-state index is -0.0914. The first-order valence-electron chi connectivity index (χ1n) is 9.98. The van der Waals surface area contributed by atoms with E-state index in [0.717, 1.165) is 25.7 Å². The van der Waals surface area contributed by atoms with E-state index in [1.165, 1.54) is 33.4 Å². The largest absolute Gasteiger partial charge is 0.426 e. The highest BCUT2D eigenvalue weighted by molar-refractivity contribution is 6.02. The maximum atomic E-state index is 12.7. The molecule has 1 fully saturated rings. The van der Waals surface area contributed by atoms with Crippen LogP contribution in [0.1, 0.15) is 31.2 Å². The lowest BCUT2D eigenvalue weighted by atomic mass is 9.81. The van der Waals surface area contributed by atoms with Crippen molar-refractivity contribution >= 4 is 12.0 Å². The summed E-state index contributed by atoms with van der Waals surface area (Å²) in [6.07, 6.45) is 5.92. The number of benzene rings is 3. The van der Waals surface area contributed by atoms with Crippen LogP contribution in [0.5, 0.6) is 5.75 Å². The summed E-state index contributed by atoms with van der Waals surface area (Å²) in [6, 6.07) is 24.7. The number of carbonyl (C=O) groups excluding carboxylic acids is 1. The highest BCUT2D eigenvalue weighted by atomic mass is 16.5. The lowest BCUT2D eigenvalue weighted by Crippen LogP contribution is -2.23. The van der Waals surface area contributed by atoms with E-state index >= 15 is 0 Å². The summed E-state index contributed by atoms with van der Waals surface area (Å²) in [4.78, 5) is 12.7. The van der Waals surface area contributed by atoms with Crippen LogP contribution < -0.4 is 4.74 Å². The summed E-state index contributed by atoms with van der Waals surface area (Å²) < 4.78 is 5.73. The van der Waals surface area contributed by atoms with Gasteiger partial charge in [-0.25, -0.2) is 0 Å². The molecule has 0 saturated heterocycles. The third-order valence-corrected chi connectivity index (χ3v) is 5.85. The second-order valence-electron chi connectivity index (χ2n) is 7.66. The molecule has 1 saturated carbocycles. The third kappa shape index (κ3) is 3.16. The fraction of sp³-hybridized carbons (Fsp3) is 0.192. The summed E-state index contributed by atoms with van der Waals surface area (Å²) >= 11 is 0. The van der Waals surface area contributed by atoms with Gasteiger partial charge < -0.3 is 4.74 Å². The molecule has 0 aliphatic heterocycles. The van der Waals surface area contributed by atoms with Gasteiger partial charge in [-0.05, 0) is 65.6 Å². The zero-order valence-corrected chi connectivity index (χ0v) is 15.7. The topological polar surface area (TPSA) is 26.3 Å². The Morgan fingerprint density at radius 1 is 0.786 bits per heavy atom. The average molecular weight is 366 g/mol. The molecule has 28 heavy (non-hydrogen) atoms. The fourth-order valence-corrected chi connectivity index (χ4v) is 4.29. The number of hydrogen-bond acceptors (Lipinski definition) is 2. The predicted octanol–water partition coefficient (Wildman–Crippen LogP) is 6.51. The Morgan fingerprint density at radius 2 is 1.43 bits per heavy atom. The normalized spacial score (nSPS) is 17.1. The second kappa shape index (κ2) is 7.12. The monoisotopic (exact) mass is 366 g/mol. The molecule has 2 aliphatic rings. The number of fused-ring (bicyclic) bond motifs is 4. The number of hydrogen-bond donors (Lipinski definition) is 0. The van der Waals surface area contributed by atoms with Gasteiger partial charge in [0, 0.05) is 0 Å². The molecular weight excluding hydrogens is 344 g/mol. The van der Waals surface area contributed by atoms with E-state index in [1.54, 1.807) is 0 Å². The minimum absolute atomic E-state index is 0.00808. The standard InChI is InChI=1S/C26H22O2/c27-26(20-12-10-19(11-13-20)16-18-6-2-1-3-7-18)28-21-14-15-24-22-8-4-5-9-23(22)25(24)17-21/h1-9,14-17,20H,10-13H2. The van der Waals surface area contributed by atoms with Crippen molar-refractivity contribution in [2.75, 3.05) is 0 Å². The van der Waals surface area contributed by atoms with Gasteiger partial charge in [0.15, 0.2) is 0 Å². The van der Waals surface area contributed by atoms with Crippen molar-refractivity contribution in [2.24, 2.45) is 5.92 Å². The van der Waals surface area contributed by atoms with Gasteiger partial charge in [0.1, 0.15) is 5.75 Å². The molecule has 0 radical (unpaired) electrons. The van der Waals surface area contributed by atoms with E-state index in [-0.39, 0.29) is 11.9 Å². The molecule has 0 heterocycles. The SMILES string of the molecule is O=C(Oc1ccc2c(c1)-c1ccccc1-2)C1CCC(=Cc2ccccc2)CC1. The van der Waals surface area contributed by atoms with E-state index in [4.69, 9.17) is 4.74 Å². The van der Waals surface area contributed by atoms with Crippen LogP contribution in [0.4, 0.5) is 0 Å². The van der Waals surface area contributed by atoms with Crippen LogP contribution in [0.15, 0.2) is 78.4 Å². The molecule has 3 aromatic rings. The van der Waals surface area contributed by atoms with Crippen LogP contribution in [0.25, 0.3) is 28.3 Å². The van der Waals surface area contributed by atoms with Gasteiger partial charge >= 0.3 is 5.97 Å². The summed E-state index contributed by atoms with van der Waals surface area (Å²) in [5, 5.41) is 0. The molecule has 5 rings (SSSR count). The van der Waals surface area contributed by atoms with E-state index in [9.17, 15) is 4.79 Å². The first kappa shape index (κ1) is 17.0. The van der Waals surface area contributed by atoms with Crippen LogP contribution >= 0.6 is 0 Å². The van der Waals surface area contributed by atoms with Crippen LogP contribution in [0.2, 0.25) is 0 Å². The molecule has 0 aromatic heterocycles. The van der Waals surface area contributed by atoms with Crippen LogP contribution in [-0.2, 0) is 4.79 Å². The van der Waals surface area contributed by atoms with Crippen LogP contribution in [0, 0.1) is 5.92 Å². The number of carbonyl (C=O) groups is 1.